The van der Waals surface area contributed by atoms with Gasteiger partial charge in [-0.3, -0.25) is 4.79 Å². The van der Waals surface area contributed by atoms with Crippen molar-refractivity contribution >= 4 is 34.1 Å². The van der Waals surface area contributed by atoms with Crippen LogP contribution in [0.2, 0.25) is 0 Å². The highest BCUT2D eigenvalue weighted by Gasteiger charge is 2.03. The van der Waals surface area contributed by atoms with E-state index >= 15 is 0 Å². The first kappa shape index (κ1) is 16.0. The molecule has 112 valence electrons. The number of allylic oxidation sites excluding steroid dienone is 1. The van der Waals surface area contributed by atoms with Crippen molar-refractivity contribution in [2.24, 2.45) is 5.10 Å². The van der Waals surface area contributed by atoms with E-state index in [4.69, 9.17) is 4.74 Å². The third-order valence-corrected chi connectivity index (χ3v) is 3.32. The van der Waals surface area contributed by atoms with Crippen LogP contribution in [-0.4, -0.2) is 19.2 Å². The summed E-state index contributed by atoms with van der Waals surface area (Å²) in [6, 6.07) is 14.8. The van der Waals surface area contributed by atoms with E-state index in [0.29, 0.717) is 5.56 Å². The normalized spacial score (nSPS) is 11.0. The lowest BCUT2D eigenvalue weighted by molar-refractivity contribution is 0.0955. The fraction of sp³-hybridized carbons (Fsp3) is 0.0588. The summed E-state index contributed by atoms with van der Waals surface area (Å²) in [5.41, 5.74) is 3.95. The molecule has 0 aliphatic carbocycles. The van der Waals surface area contributed by atoms with Gasteiger partial charge < -0.3 is 4.74 Å². The summed E-state index contributed by atoms with van der Waals surface area (Å²) in [5, 5.41) is 3.88. The highest BCUT2D eigenvalue weighted by molar-refractivity contribution is 9.10. The van der Waals surface area contributed by atoms with E-state index in [2.05, 4.69) is 26.5 Å². The number of amides is 1. The number of hydrogen-bond donors (Lipinski definition) is 1. The molecule has 1 amide bonds. The van der Waals surface area contributed by atoms with Gasteiger partial charge >= 0.3 is 0 Å². The molecule has 22 heavy (non-hydrogen) atoms. The molecule has 0 bridgehead atoms. The van der Waals surface area contributed by atoms with Crippen LogP contribution in [0.3, 0.4) is 0 Å². The average Bonchev–Trinajstić information content (AvgIpc) is 2.54. The van der Waals surface area contributed by atoms with Gasteiger partial charge in [0.05, 0.1) is 7.11 Å². The molecule has 0 aliphatic rings. The van der Waals surface area contributed by atoms with Crippen LogP contribution >= 0.6 is 15.9 Å². The number of ether oxygens (including phenoxy) is 1. The molecule has 0 saturated carbocycles. The molecule has 1 N–H and O–H groups in total. The molecule has 0 unspecified atom stereocenters. The number of nitrogens with zero attached hydrogens (tertiary/aromatic N) is 1. The van der Waals surface area contributed by atoms with Gasteiger partial charge in [-0.1, -0.05) is 40.2 Å². The summed E-state index contributed by atoms with van der Waals surface area (Å²) in [7, 11) is 1.62. The van der Waals surface area contributed by atoms with Gasteiger partial charge in [-0.05, 0) is 36.4 Å². The van der Waals surface area contributed by atoms with Gasteiger partial charge in [0.15, 0.2) is 0 Å². The zero-order chi connectivity index (χ0) is 15.8. The van der Waals surface area contributed by atoms with Crippen molar-refractivity contribution in [3.8, 4) is 5.75 Å². The van der Waals surface area contributed by atoms with Gasteiger partial charge in [-0.15, -0.1) is 0 Å². The predicted octanol–water partition coefficient (Wildman–Crippen LogP) is 3.89. The zero-order valence-electron chi connectivity index (χ0n) is 12.0. The molecule has 4 nitrogen and oxygen atoms in total. The number of methoxy groups -OCH3 is 1. The molecule has 0 radical (unpaired) electrons. The standard InChI is InChI=1S/C17H15BrN2O2/c1-22-16-10-3-2-6-13(16)8-5-11-19-20-17(21)14-7-4-9-15(18)12-14/h2-12H,1H3,(H,20,21). The zero-order valence-corrected chi connectivity index (χ0v) is 13.6. The maximum Gasteiger partial charge on any atom is 0.271 e. The second kappa shape index (κ2) is 8.14. The molecule has 0 spiro atoms. The highest BCUT2D eigenvalue weighted by atomic mass is 79.9. The Balaban J connectivity index is 1.93. The van der Waals surface area contributed by atoms with Crippen LogP contribution < -0.4 is 10.2 Å². The Kier molecular flexibility index (Phi) is 5.91. The highest BCUT2D eigenvalue weighted by Crippen LogP contribution is 2.18. The Labute approximate surface area is 137 Å². The SMILES string of the molecule is COc1ccccc1C=CC=NNC(=O)c1cccc(Br)c1. The van der Waals surface area contributed by atoms with Gasteiger partial charge in [0, 0.05) is 21.8 Å². The summed E-state index contributed by atoms with van der Waals surface area (Å²) in [4.78, 5) is 11.8. The lowest BCUT2D eigenvalue weighted by Gasteiger charge is -2.02. The lowest BCUT2D eigenvalue weighted by Crippen LogP contribution is -2.17. The van der Waals surface area contributed by atoms with Crippen LogP contribution in [0, 0.1) is 0 Å². The fourth-order valence-electron chi connectivity index (χ4n) is 1.78. The Bertz CT molecular complexity index is 711. The fourth-order valence-corrected chi connectivity index (χ4v) is 2.18. The minimum Gasteiger partial charge on any atom is -0.496 e. The Morgan fingerprint density at radius 2 is 2.05 bits per heavy atom. The van der Waals surface area contributed by atoms with Crippen LogP contribution in [0.4, 0.5) is 0 Å². The second-order valence-corrected chi connectivity index (χ2v) is 5.25. The molecule has 0 aliphatic heterocycles. The molecular weight excluding hydrogens is 344 g/mol. The van der Waals surface area contributed by atoms with Gasteiger partial charge in [0.1, 0.15) is 5.75 Å². The Hall–Kier alpha value is -2.40. The van der Waals surface area contributed by atoms with E-state index in [1.807, 2.05) is 36.4 Å². The van der Waals surface area contributed by atoms with Crippen molar-refractivity contribution in [2.45, 2.75) is 0 Å². The van der Waals surface area contributed by atoms with Crippen molar-refractivity contribution in [1.82, 2.24) is 5.43 Å². The molecule has 2 aromatic carbocycles. The predicted molar refractivity (Wildman–Crippen MR) is 92.1 cm³/mol. The number of nitrogens with one attached hydrogen (secondary N) is 1. The third-order valence-electron chi connectivity index (χ3n) is 2.83. The lowest BCUT2D eigenvalue weighted by atomic mass is 10.2. The monoisotopic (exact) mass is 358 g/mol. The van der Waals surface area contributed by atoms with Gasteiger partial charge in [0.2, 0.25) is 0 Å². The molecule has 0 atom stereocenters. The van der Waals surface area contributed by atoms with Gasteiger partial charge in [-0.25, -0.2) is 5.43 Å². The number of rotatable bonds is 5. The first-order chi connectivity index (χ1) is 10.7. The molecule has 5 heteroatoms. The van der Waals surface area contributed by atoms with Crippen LogP contribution in [-0.2, 0) is 0 Å². The maximum absolute atomic E-state index is 11.8. The van der Waals surface area contributed by atoms with Crippen molar-refractivity contribution in [3.05, 3.63) is 70.2 Å². The van der Waals surface area contributed by atoms with Crippen LogP contribution in [0.1, 0.15) is 15.9 Å². The molecular formula is C17H15BrN2O2. The third kappa shape index (κ3) is 4.56. The molecule has 2 rings (SSSR count). The number of carbonyl (C=O) groups is 1. The van der Waals surface area contributed by atoms with E-state index in [9.17, 15) is 4.79 Å². The van der Waals surface area contributed by atoms with E-state index in [1.165, 1.54) is 6.21 Å². The van der Waals surface area contributed by atoms with Crippen molar-refractivity contribution < 1.29 is 9.53 Å². The maximum atomic E-state index is 11.8. The largest absolute Gasteiger partial charge is 0.496 e. The van der Waals surface area contributed by atoms with Gasteiger partial charge in [-0.2, -0.15) is 5.10 Å². The number of benzene rings is 2. The Morgan fingerprint density at radius 1 is 1.23 bits per heavy atom. The average molecular weight is 359 g/mol. The quantitative estimate of drug-likeness (QED) is 0.651. The Morgan fingerprint density at radius 3 is 2.82 bits per heavy atom. The van der Waals surface area contributed by atoms with Crippen molar-refractivity contribution in [2.75, 3.05) is 7.11 Å². The van der Waals surface area contributed by atoms with E-state index in [0.717, 1.165) is 15.8 Å². The molecule has 0 heterocycles. The molecule has 0 fully saturated rings. The molecule has 0 saturated heterocycles. The number of hydrogen-bond acceptors (Lipinski definition) is 3. The minimum absolute atomic E-state index is 0.261. The van der Waals surface area contributed by atoms with E-state index in [-0.39, 0.29) is 5.91 Å². The number of halogens is 1. The topological polar surface area (TPSA) is 50.7 Å². The number of hydrazone groups is 1. The first-order valence-electron chi connectivity index (χ1n) is 6.59. The number of para-hydroxylation sites is 1. The summed E-state index contributed by atoms with van der Waals surface area (Å²) in [6.45, 7) is 0. The summed E-state index contributed by atoms with van der Waals surface area (Å²) in [5.74, 6) is 0.522. The van der Waals surface area contributed by atoms with Crippen molar-refractivity contribution in [1.29, 1.82) is 0 Å². The second-order valence-electron chi connectivity index (χ2n) is 4.33. The van der Waals surface area contributed by atoms with Crippen molar-refractivity contribution in [3.63, 3.8) is 0 Å². The van der Waals surface area contributed by atoms with Crippen LogP contribution in [0.25, 0.3) is 6.08 Å². The van der Waals surface area contributed by atoms with E-state index in [1.54, 1.807) is 31.4 Å². The molecule has 0 aromatic heterocycles. The number of carbonyl (C=O) groups excluding carboxylic acids is 1. The summed E-state index contributed by atoms with van der Waals surface area (Å²) in [6.07, 6.45) is 5.11. The minimum atomic E-state index is -0.261. The van der Waals surface area contributed by atoms with Gasteiger partial charge in [0.25, 0.3) is 5.91 Å². The molecule has 2 aromatic rings. The van der Waals surface area contributed by atoms with E-state index < -0.39 is 0 Å². The first-order valence-corrected chi connectivity index (χ1v) is 7.38. The summed E-state index contributed by atoms with van der Waals surface area (Å²) < 4.78 is 6.09. The van der Waals surface area contributed by atoms with Crippen LogP contribution in [0.5, 0.6) is 5.75 Å². The smallest absolute Gasteiger partial charge is 0.271 e. The summed E-state index contributed by atoms with van der Waals surface area (Å²) >= 11 is 3.32. The van der Waals surface area contributed by atoms with Crippen LogP contribution in [0.15, 0.2) is 64.2 Å².